The number of carbonyl (C=O) groups excluding carboxylic acids is 1. The van der Waals surface area contributed by atoms with Gasteiger partial charge in [0.05, 0.1) is 12.2 Å². The molecule has 0 saturated carbocycles. The van der Waals surface area contributed by atoms with Gasteiger partial charge in [-0.2, -0.15) is 0 Å². The molecule has 0 bridgehead atoms. The summed E-state index contributed by atoms with van der Waals surface area (Å²) in [6.07, 6.45) is 0. The summed E-state index contributed by atoms with van der Waals surface area (Å²) < 4.78 is 11.9. The van der Waals surface area contributed by atoms with Crippen LogP contribution in [0, 0.1) is 0 Å². The molecule has 190 valence electrons. The zero-order chi connectivity index (χ0) is 25.9. The Bertz CT molecular complexity index is 1170. The van der Waals surface area contributed by atoms with Gasteiger partial charge < -0.3 is 19.3 Å². The number of esters is 1. The lowest BCUT2D eigenvalue weighted by atomic mass is 9.79. The molecule has 0 saturated heterocycles. The number of rotatable bonds is 9. The number of hydrogen-bond donors (Lipinski definition) is 0. The summed E-state index contributed by atoms with van der Waals surface area (Å²) in [6.45, 7) is 14.2. The number of alkyl halides is 1. The average Bonchev–Trinajstić information content (AvgIpc) is 2.90. The number of carbonyl (C=O) groups is 1. The monoisotopic (exact) mass is 506 g/mol. The van der Waals surface area contributed by atoms with Crippen molar-refractivity contribution < 1.29 is 14.3 Å². The van der Waals surface area contributed by atoms with Crippen LogP contribution in [0.3, 0.4) is 0 Å². The molecule has 0 radical (unpaired) electrons. The highest BCUT2D eigenvalue weighted by molar-refractivity contribution is 6.29. The summed E-state index contributed by atoms with van der Waals surface area (Å²) in [7, 11) is 0. The maximum atomic E-state index is 13.0. The Morgan fingerprint density at radius 3 is 1.75 bits per heavy atom. The molecule has 0 amide bonds. The molecule has 0 fully saturated rings. The lowest BCUT2D eigenvalue weighted by molar-refractivity contribution is 0.0524. The van der Waals surface area contributed by atoms with Crippen LogP contribution in [0.4, 0.5) is 11.4 Å². The predicted octanol–water partition coefficient (Wildman–Crippen LogP) is 7.19. The number of ether oxygens (including phenoxy) is 2. The standard InChI is InChI=1S/C30H35ClN2O3/c1-6-32(7-2)21-15-17-25-27(19-21)36-28-20-22(33(8-3)9-4)16-18-26(28)30(25,31)24-14-12-11-13-23(24)29(34)35-10-5/h11-20H,6-10H2,1-5H3. The number of hydrogen-bond acceptors (Lipinski definition) is 5. The molecule has 0 unspecified atom stereocenters. The van der Waals surface area contributed by atoms with Gasteiger partial charge in [0.1, 0.15) is 16.4 Å². The van der Waals surface area contributed by atoms with E-state index in [4.69, 9.17) is 21.1 Å². The number of benzene rings is 3. The third-order valence-electron chi connectivity index (χ3n) is 6.94. The van der Waals surface area contributed by atoms with Crippen molar-refractivity contribution in [2.24, 2.45) is 0 Å². The van der Waals surface area contributed by atoms with Gasteiger partial charge in [-0.3, -0.25) is 0 Å². The summed E-state index contributed by atoms with van der Waals surface area (Å²) >= 11 is 7.70. The van der Waals surface area contributed by atoms with Gasteiger partial charge in [-0.05, 0) is 58.4 Å². The van der Waals surface area contributed by atoms with Gasteiger partial charge >= 0.3 is 5.97 Å². The number of anilines is 2. The fourth-order valence-electron chi connectivity index (χ4n) is 5.06. The molecule has 3 aromatic rings. The van der Waals surface area contributed by atoms with E-state index in [1.165, 1.54) is 0 Å². The summed E-state index contributed by atoms with van der Waals surface area (Å²) in [5, 5.41) is 0. The van der Waals surface area contributed by atoms with Crippen molar-refractivity contribution in [1.82, 2.24) is 0 Å². The SMILES string of the molecule is CCOC(=O)c1ccccc1C1(Cl)c2ccc(N(CC)CC)cc2Oc2cc(N(CC)CC)ccc21. The van der Waals surface area contributed by atoms with Gasteiger partial charge in [0, 0.05) is 60.8 Å². The number of nitrogens with zero attached hydrogens (tertiary/aromatic N) is 2. The van der Waals surface area contributed by atoms with E-state index >= 15 is 0 Å². The van der Waals surface area contributed by atoms with Crippen molar-refractivity contribution in [3.63, 3.8) is 0 Å². The second-order valence-electron chi connectivity index (χ2n) is 8.73. The quantitative estimate of drug-likeness (QED) is 0.227. The molecule has 5 nitrogen and oxygen atoms in total. The molecule has 1 heterocycles. The zero-order valence-electron chi connectivity index (χ0n) is 21.8. The molecule has 3 aromatic carbocycles. The largest absolute Gasteiger partial charge is 0.462 e. The first kappa shape index (κ1) is 25.9. The lowest BCUT2D eigenvalue weighted by Crippen LogP contribution is -2.30. The second-order valence-corrected chi connectivity index (χ2v) is 9.30. The van der Waals surface area contributed by atoms with Crippen LogP contribution in [0.15, 0.2) is 60.7 Å². The minimum Gasteiger partial charge on any atom is -0.462 e. The zero-order valence-corrected chi connectivity index (χ0v) is 22.6. The molecule has 4 rings (SSSR count). The highest BCUT2D eigenvalue weighted by Crippen LogP contribution is 2.56. The molecule has 6 heteroatoms. The topological polar surface area (TPSA) is 42.0 Å². The maximum absolute atomic E-state index is 13.0. The van der Waals surface area contributed by atoms with E-state index in [2.05, 4.69) is 61.8 Å². The van der Waals surface area contributed by atoms with Gasteiger partial charge in [0.25, 0.3) is 0 Å². The summed E-state index contributed by atoms with van der Waals surface area (Å²) in [5.74, 6) is 0.997. The number of halogens is 1. The van der Waals surface area contributed by atoms with Gasteiger partial charge in [-0.15, -0.1) is 11.6 Å². The Kier molecular flexibility index (Phi) is 7.79. The number of fused-ring (bicyclic) bond motifs is 2. The molecule has 0 spiro atoms. The second kappa shape index (κ2) is 10.8. The third-order valence-corrected chi connectivity index (χ3v) is 7.55. The smallest absolute Gasteiger partial charge is 0.338 e. The van der Waals surface area contributed by atoms with E-state index in [0.29, 0.717) is 29.2 Å². The van der Waals surface area contributed by atoms with E-state index in [1.54, 1.807) is 13.0 Å². The molecule has 0 aromatic heterocycles. The molecule has 36 heavy (non-hydrogen) atoms. The Balaban J connectivity index is 1.98. The van der Waals surface area contributed by atoms with Crippen molar-refractivity contribution in [2.75, 3.05) is 42.6 Å². The van der Waals surface area contributed by atoms with Gasteiger partial charge in [-0.1, -0.05) is 30.3 Å². The Morgan fingerprint density at radius 1 is 0.778 bits per heavy atom. The van der Waals surface area contributed by atoms with E-state index in [0.717, 1.165) is 48.7 Å². The Labute approximate surface area is 219 Å². The summed E-state index contributed by atoms with van der Waals surface area (Å²) in [5.41, 5.74) is 4.88. The molecule has 1 aliphatic rings. The van der Waals surface area contributed by atoms with Crippen LogP contribution >= 0.6 is 11.6 Å². The first-order valence-electron chi connectivity index (χ1n) is 12.8. The summed E-state index contributed by atoms with van der Waals surface area (Å²) in [6, 6.07) is 19.8. The normalized spacial score (nSPS) is 13.3. The average molecular weight is 507 g/mol. The van der Waals surface area contributed by atoms with Crippen molar-refractivity contribution in [3.8, 4) is 11.5 Å². The van der Waals surface area contributed by atoms with Crippen molar-refractivity contribution in [2.45, 2.75) is 39.5 Å². The van der Waals surface area contributed by atoms with Gasteiger partial charge in [0.2, 0.25) is 0 Å². The predicted molar refractivity (Wildman–Crippen MR) is 148 cm³/mol. The minimum absolute atomic E-state index is 0.291. The Hall–Kier alpha value is -3.18. The van der Waals surface area contributed by atoms with E-state index in [1.807, 2.05) is 30.3 Å². The third kappa shape index (κ3) is 4.41. The first-order valence-corrected chi connectivity index (χ1v) is 13.2. The fourth-order valence-corrected chi connectivity index (χ4v) is 5.53. The van der Waals surface area contributed by atoms with Crippen LogP contribution in [-0.2, 0) is 9.61 Å². The molecule has 0 atom stereocenters. The van der Waals surface area contributed by atoms with Crippen molar-refractivity contribution >= 4 is 28.9 Å². The highest BCUT2D eigenvalue weighted by Gasteiger charge is 2.45. The Morgan fingerprint density at radius 2 is 1.28 bits per heavy atom. The van der Waals surface area contributed by atoms with E-state index in [-0.39, 0.29) is 5.97 Å². The van der Waals surface area contributed by atoms with Crippen molar-refractivity contribution in [1.29, 1.82) is 0 Å². The maximum Gasteiger partial charge on any atom is 0.338 e. The highest BCUT2D eigenvalue weighted by atomic mass is 35.5. The molecular formula is C30H35ClN2O3. The lowest BCUT2D eigenvalue weighted by Gasteiger charge is -2.38. The van der Waals surface area contributed by atoms with Crippen LogP contribution in [0.2, 0.25) is 0 Å². The fraction of sp³-hybridized carbons (Fsp3) is 0.367. The van der Waals surface area contributed by atoms with Crippen LogP contribution in [0.25, 0.3) is 0 Å². The van der Waals surface area contributed by atoms with Crippen LogP contribution in [0.5, 0.6) is 11.5 Å². The van der Waals surface area contributed by atoms with Crippen LogP contribution in [0.1, 0.15) is 61.7 Å². The van der Waals surface area contributed by atoms with Gasteiger partial charge in [-0.25, -0.2) is 4.79 Å². The minimum atomic E-state index is -1.13. The van der Waals surface area contributed by atoms with Crippen LogP contribution < -0.4 is 14.5 Å². The molecule has 0 aliphatic carbocycles. The summed E-state index contributed by atoms with van der Waals surface area (Å²) in [4.78, 5) is 16.4. The van der Waals surface area contributed by atoms with E-state index < -0.39 is 4.87 Å². The first-order chi connectivity index (χ1) is 17.4. The van der Waals surface area contributed by atoms with Gasteiger partial charge in [0.15, 0.2) is 0 Å². The molecule has 1 aliphatic heterocycles. The van der Waals surface area contributed by atoms with Crippen molar-refractivity contribution in [3.05, 3.63) is 82.9 Å². The molecular weight excluding hydrogens is 472 g/mol. The molecule has 0 N–H and O–H groups in total. The van der Waals surface area contributed by atoms with Crippen LogP contribution in [-0.4, -0.2) is 38.8 Å². The van der Waals surface area contributed by atoms with E-state index in [9.17, 15) is 4.79 Å².